The molecule has 1 aliphatic carbocycles. The molecule has 1 heterocycles. The molecule has 3 N–H and O–H groups in total. The number of nitrogens with one attached hydrogen (secondary N) is 3. The maximum absolute atomic E-state index is 11.9. The molecule has 7 nitrogen and oxygen atoms in total. The summed E-state index contributed by atoms with van der Waals surface area (Å²) in [7, 11) is 0. The quantitative estimate of drug-likeness (QED) is 0.748. The third-order valence-electron chi connectivity index (χ3n) is 3.40. The molecule has 0 spiro atoms. The van der Waals surface area contributed by atoms with Gasteiger partial charge in [-0.05, 0) is 49.2 Å². The maximum atomic E-state index is 11.9. The van der Waals surface area contributed by atoms with Gasteiger partial charge in [-0.3, -0.25) is 25.2 Å². The molecule has 1 aromatic heterocycles. The van der Waals surface area contributed by atoms with Crippen molar-refractivity contribution in [2.24, 2.45) is 5.92 Å². The second kappa shape index (κ2) is 6.35. The van der Waals surface area contributed by atoms with Crippen molar-refractivity contribution in [1.82, 2.24) is 10.9 Å². The molecule has 7 heteroatoms. The molecule has 1 saturated carbocycles. The maximum Gasteiger partial charge on any atom is 0.291 e. The molecule has 0 aliphatic heterocycles. The van der Waals surface area contributed by atoms with Crippen LogP contribution in [0.15, 0.2) is 47.1 Å². The molecule has 0 radical (unpaired) electrons. The lowest BCUT2D eigenvalue weighted by molar-refractivity contribution is -0.123. The molecule has 0 unspecified atom stereocenters. The molecule has 0 saturated heterocycles. The Kier molecular flexibility index (Phi) is 4.09. The molecule has 2 aromatic rings. The van der Waals surface area contributed by atoms with Crippen molar-refractivity contribution in [3.63, 3.8) is 0 Å². The first kappa shape index (κ1) is 14.8. The van der Waals surface area contributed by atoms with Gasteiger partial charge in [-0.2, -0.15) is 0 Å². The fraction of sp³-hybridized carbons (Fsp3) is 0.188. The van der Waals surface area contributed by atoms with E-state index in [0.717, 1.165) is 12.8 Å². The van der Waals surface area contributed by atoms with Gasteiger partial charge in [-0.1, -0.05) is 0 Å². The van der Waals surface area contributed by atoms with Crippen LogP contribution < -0.4 is 16.2 Å². The summed E-state index contributed by atoms with van der Waals surface area (Å²) >= 11 is 0. The molecule has 23 heavy (non-hydrogen) atoms. The molecule has 3 rings (SSSR count). The zero-order valence-electron chi connectivity index (χ0n) is 12.2. The summed E-state index contributed by atoms with van der Waals surface area (Å²) in [6, 6.07) is 9.47. The van der Waals surface area contributed by atoms with E-state index in [1.807, 2.05) is 0 Å². The highest BCUT2D eigenvalue weighted by atomic mass is 16.3. The Labute approximate surface area is 132 Å². The Morgan fingerprint density at radius 1 is 0.957 bits per heavy atom. The van der Waals surface area contributed by atoms with Gasteiger partial charge >= 0.3 is 0 Å². The Morgan fingerprint density at radius 3 is 2.30 bits per heavy atom. The number of carbonyl (C=O) groups excluding carboxylic acids is 3. The number of rotatable bonds is 4. The van der Waals surface area contributed by atoms with Crippen LogP contribution in [-0.2, 0) is 4.79 Å². The standard InChI is InChI=1S/C16H15N3O4/c20-14(10-3-4-10)18-19-15(21)11-5-7-12(8-6-11)17-16(22)13-2-1-9-23-13/h1-2,5-10H,3-4H2,(H,17,22)(H,18,20)(H,19,21). The van der Waals surface area contributed by atoms with E-state index in [1.165, 1.54) is 6.26 Å². The van der Waals surface area contributed by atoms with E-state index in [9.17, 15) is 14.4 Å². The first-order valence-corrected chi connectivity index (χ1v) is 7.18. The summed E-state index contributed by atoms with van der Waals surface area (Å²) in [6.45, 7) is 0. The minimum absolute atomic E-state index is 0.0227. The van der Waals surface area contributed by atoms with Gasteiger partial charge in [0.1, 0.15) is 0 Å². The molecule has 1 aromatic carbocycles. The van der Waals surface area contributed by atoms with E-state index in [-0.39, 0.29) is 23.5 Å². The van der Waals surface area contributed by atoms with Crippen LogP contribution in [0, 0.1) is 5.92 Å². The van der Waals surface area contributed by atoms with Crippen LogP contribution >= 0.6 is 0 Å². The third-order valence-corrected chi connectivity index (χ3v) is 3.40. The lowest BCUT2D eigenvalue weighted by Gasteiger charge is -2.08. The Balaban J connectivity index is 1.54. The summed E-state index contributed by atoms with van der Waals surface area (Å²) in [4.78, 5) is 35.1. The summed E-state index contributed by atoms with van der Waals surface area (Å²) in [5, 5.41) is 2.65. The largest absolute Gasteiger partial charge is 0.459 e. The summed E-state index contributed by atoms with van der Waals surface area (Å²) in [5.41, 5.74) is 5.65. The van der Waals surface area contributed by atoms with Crippen LogP contribution in [0.2, 0.25) is 0 Å². The topological polar surface area (TPSA) is 100 Å². The molecule has 118 valence electrons. The lowest BCUT2D eigenvalue weighted by Crippen LogP contribution is -2.42. The van der Waals surface area contributed by atoms with Gasteiger partial charge in [-0.25, -0.2) is 0 Å². The average Bonchev–Trinajstić information content (AvgIpc) is 3.27. The summed E-state index contributed by atoms with van der Waals surface area (Å²) < 4.78 is 4.99. The predicted octanol–water partition coefficient (Wildman–Crippen LogP) is 1.70. The number of furan rings is 1. The lowest BCUT2D eigenvalue weighted by atomic mass is 10.2. The molecule has 1 aliphatic rings. The average molecular weight is 313 g/mol. The molecule has 0 bridgehead atoms. The highest BCUT2D eigenvalue weighted by Crippen LogP contribution is 2.28. The zero-order chi connectivity index (χ0) is 16.2. The Morgan fingerprint density at radius 2 is 1.70 bits per heavy atom. The van der Waals surface area contributed by atoms with Gasteiger partial charge < -0.3 is 9.73 Å². The van der Waals surface area contributed by atoms with Crippen molar-refractivity contribution in [2.75, 3.05) is 5.32 Å². The Hall–Kier alpha value is -3.09. The molecule has 3 amide bonds. The SMILES string of the molecule is O=C(NNC(=O)C1CC1)c1ccc(NC(=O)c2ccco2)cc1. The van der Waals surface area contributed by atoms with E-state index < -0.39 is 5.91 Å². The minimum Gasteiger partial charge on any atom is -0.459 e. The van der Waals surface area contributed by atoms with Crippen molar-refractivity contribution < 1.29 is 18.8 Å². The minimum atomic E-state index is -0.414. The van der Waals surface area contributed by atoms with Crippen LogP contribution in [0.3, 0.4) is 0 Å². The van der Waals surface area contributed by atoms with Gasteiger partial charge in [0.25, 0.3) is 11.8 Å². The number of anilines is 1. The highest BCUT2D eigenvalue weighted by Gasteiger charge is 2.29. The van der Waals surface area contributed by atoms with Crippen LogP contribution in [0.5, 0.6) is 0 Å². The smallest absolute Gasteiger partial charge is 0.291 e. The summed E-state index contributed by atoms with van der Waals surface area (Å²) in [5.74, 6) is -0.725. The highest BCUT2D eigenvalue weighted by molar-refractivity contribution is 6.02. The van der Waals surface area contributed by atoms with Gasteiger partial charge in [0.2, 0.25) is 5.91 Å². The first-order chi connectivity index (χ1) is 11.1. The molecular formula is C16H15N3O4. The summed E-state index contributed by atoms with van der Waals surface area (Å²) in [6.07, 6.45) is 3.15. The van der Waals surface area contributed by atoms with Gasteiger partial charge in [0.15, 0.2) is 5.76 Å². The van der Waals surface area contributed by atoms with Crippen molar-refractivity contribution in [2.45, 2.75) is 12.8 Å². The van der Waals surface area contributed by atoms with Crippen molar-refractivity contribution in [3.8, 4) is 0 Å². The first-order valence-electron chi connectivity index (χ1n) is 7.18. The van der Waals surface area contributed by atoms with E-state index in [1.54, 1.807) is 36.4 Å². The van der Waals surface area contributed by atoms with E-state index >= 15 is 0 Å². The molecule has 1 fully saturated rings. The van der Waals surface area contributed by atoms with E-state index in [2.05, 4.69) is 16.2 Å². The van der Waals surface area contributed by atoms with E-state index in [0.29, 0.717) is 11.3 Å². The third kappa shape index (κ3) is 3.76. The predicted molar refractivity (Wildman–Crippen MR) is 81.4 cm³/mol. The van der Waals surface area contributed by atoms with Gasteiger partial charge in [-0.15, -0.1) is 0 Å². The normalized spacial score (nSPS) is 13.2. The van der Waals surface area contributed by atoms with Crippen molar-refractivity contribution >= 4 is 23.4 Å². The van der Waals surface area contributed by atoms with Crippen LogP contribution in [0.4, 0.5) is 5.69 Å². The number of benzene rings is 1. The molecular weight excluding hydrogens is 298 g/mol. The van der Waals surface area contributed by atoms with Crippen LogP contribution in [0.25, 0.3) is 0 Å². The second-order valence-electron chi connectivity index (χ2n) is 5.23. The number of hydrazine groups is 1. The van der Waals surface area contributed by atoms with E-state index in [4.69, 9.17) is 4.42 Å². The zero-order valence-corrected chi connectivity index (χ0v) is 12.2. The van der Waals surface area contributed by atoms with Crippen LogP contribution in [-0.4, -0.2) is 17.7 Å². The number of hydrogen-bond acceptors (Lipinski definition) is 4. The van der Waals surface area contributed by atoms with Crippen molar-refractivity contribution in [3.05, 3.63) is 54.0 Å². The molecule has 0 atom stereocenters. The number of amides is 3. The van der Waals surface area contributed by atoms with Gasteiger partial charge in [0, 0.05) is 17.2 Å². The van der Waals surface area contributed by atoms with Crippen LogP contribution in [0.1, 0.15) is 33.8 Å². The number of hydrogen-bond donors (Lipinski definition) is 3. The fourth-order valence-electron chi connectivity index (χ4n) is 1.94. The fourth-order valence-corrected chi connectivity index (χ4v) is 1.94. The monoisotopic (exact) mass is 313 g/mol. The Bertz CT molecular complexity index is 718. The van der Waals surface area contributed by atoms with Gasteiger partial charge in [0.05, 0.1) is 6.26 Å². The number of carbonyl (C=O) groups is 3. The second-order valence-corrected chi connectivity index (χ2v) is 5.23. The van der Waals surface area contributed by atoms with Crippen molar-refractivity contribution in [1.29, 1.82) is 0 Å².